The first-order valence-corrected chi connectivity index (χ1v) is 10.1. The van der Waals surface area contributed by atoms with E-state index < -0.39 is 0 Å². The molecule has 1 atom stereocenters. The van der Waals surface area contributed by atoms with E-state index in [1.807, 2.05) is 20.8 Å². The molecule has 1 aromatic heterocycles. The highest BCUT2D eigenvalue weighted by molar-refractivity contribution is 8.02. The van der Waals surface area contributed by atoms with Crippen LogP contribution in [-0.4, -0.2) is 27.9 Å². The number of benzene rings is 1. The molecule has 0 unspecified atom stereocenters. The lowest BCUT2D eigenvalue weighted by Crippen LogP contribution is -2.23. The third-order valence-corrected chi connectivity index (χ3v) is 5.71. The number of amides is 1. The average Bonchev–Trinajstić information content (AvgIpc) is 2.96. The molecule has 2 rings (SSSR count). The SMILES string of the molecule is Cc1cc(C)c(NC(=O)[C@H](C)Sc2nnc(NCC(C)C)s2)c(C)c1. The number of anilines is 2. The fraction of sp³-hybridized carbons (Fsp3) is 0.500. The normalized spacial score (nSPS) is 12.3. The highest BCUT2D eigenvalue weighted by Gasteiger charge is 2.19. The van der Waals surface area contributed by atoms with Gasteiger partial charge in [0, 0.05) is 12.2 Å². The lowest BCUT2D eigenvalue weighted by molar-refractivity contribution is -0.115. The average molecular weight is 379 g/mol. The van der Waals surface area contributed by atoms with Crippen molar-refractivity contribution in [2.45, 2.75) is 51.1 Å². The second-order valence-corrected chi connectivity index (χ2v) is 9.24. The molecule has 1 heterocycles. The molecule has 0 saturated heterocycles. The van der Waals surface area contributed by atoms with Gasteiger partial charge in [-0.05, 0) is 44.7 Å². The molecule has 0 aliphatic rings. The lowest BCUT2D eigenvalue weighted by atomic mass is 10.1. The van der Waals surface area contributed by atoms with Crippen LogP contribution in [0.2, 0.25) is 0 Å². The van der Waals surface area contributed by atoms with Gasteiger partial charge < -0.3 is 10.6 Å². The number of aromatic nitrogens is 2. The number of hydrogen-bond donors (Lipinski definition) is 2. The van der Waals surface area contributed by atoms with Crippen molar-refractivity contribution in [2.75, 3.05) is 17.2 Å². The summed E-state index contributed by atoms with van der Waals surface area (Å²) in [6.45, 7) is 13.1. The van der Waals surface area contributed by atoms with Crippen LogP contribution in [0.3, 0.4) is 0 Å². The first kappa shape index (κ1) is 19.7. The second-order valence-electron chi connectivity index (χ2n) is 6.67. The van der Waals surface area contributed by atoms with E-state index in [1.54, 1.807) is 0 Å². The van der Waals surface area contributed by atoms with Crippen molar-refractivity contribution in [1.82, 2.24) is 10.2 Å². The Morgan fingerprint density at radius 3 is 2.40 bits per heavy atom. The van der Waals surface area contributed by atoms with Crippen molar-refractivity contribution in [3.8, 4) is 0 Å². The zero-order chi connectivity index (χ0) is 18.6. The van der Waals surface area contributed by atoms with Crippen LogP contribution in [0.25, 0.3) is 0 Å². The summed E-state index contributed by atoms with van der Waals surface area (Å²) in [5.41, 5.74) is 4.27. The van der Waals surface area contributed by atoms with E-state index >= 15 is 0 Å². The fourth-order valence-electron chi connectivity index (χ4n) is 2.43. The van der Waals surface area contributed by atoms with Gasteiger partial charge in [-0.3, -0.25) is 4.79 Å². The van der Waals surface area contributed by atoms with Gasteiger partial charge in [0.1, 0.15) is 0 Å². The summed E-state index contributed by atoms with van der Waals surface area (Å²) in [5.74, 6) is 0.526. The first-order valence-electron chi connectivity index (χ1n) is 8.39. The molecule has 0 aliphatic heterocycles. The number of aryl methyl sites for hydroxylation is 3. The molecule has 0 bridgehead atoms. The summed E-state index contributed by atoms with van der Waals surface area (Å²) in [6.07, 6.45) is 0. The largest absolute Gasteiger partial charge is 0.360 e. The Balaban J connectivity index is 1.97. The summed E-state index contributed by atoms with van der Waals surface area (Å²) in [6, 6.07) is 4.16. The Kier molecular flexibility index (Phi) is 6.84. The highest BCUT2D eigenvalue weighted by Crippen LogP contribution is 2.30. The van der Waals surface area contributed by atoms with E-state index in [2.05, 4.69) is 53.7 Å². The maximum absolute atomic E-state index is 12.5. The van der Waals surface area contributed by atoms with E-state index in [-0.39, 0.29) is 11.2 Å². The van der Waals surface area contributed by atoms with Crippen LogP contribution in [0.4, 0.5) is 10.8 Å². The van der Waals surface area contributed by atoms with Gasteiger partial charge in [-0.2, -0.15) is 0 Å². The summed E-state index contributed by atoms with van der Waals surface area (Å²) in [5, 5.41) is 15.2. The minimum absolute atomic E-state index is 0.0213. The Morgan fingerprint density at radius 1 is 1.16 bits per heavy atom. The van der Waals surface area contributed by atoms with Crippen molar-refractivity contribution in [2.24, 2.45) is 5.92 Å². The topological polar surface area (TPSA) is 66.9 Å². The molecular weight excluding hydrogens is 352 g/mol. The molecule has 1 amide bonds. The summed E-state index contributed by atoms with van der Waals surface area (Å²) in [4.78, 5) is 12.5. The Labute approximate surface area is 158 Å². The summed E-state index contributed by atoms with van der Waals surface area (Å²) >= 11 is 2.92. The van der Waals surface area contributed by atoms with Crippen molar-refractivity contribution >= 4 is 39.8 Å². The van der Waals surface area contributed by atoms with Crippen LogP contribution in [0, 0.1) is 26.7 Å². The minimum Gasteiger partial charge on any atom is -0.360 e. The second kappa shape index (κ2) is 8.67. The monoisotopic (exact) mass is 378 g/mol. The van der Waals surface area contributed by atoms with Crippen LogP contribution < -0.4 is 10.6 Å². The van der Waals surface area contributed by atoms with Gasteiger partial charge in [-0.15, -0.1) is 10.2 Å². The molecule has 0 spiro atoms. The molecule has 0 fully saturated rings. The van der Waals surface area contributed by atoms with Crippen molar-refractivity contribution < 1.29 is 4.79 Å². The van der Waals surface area contributed by atoms with Gasteiger partial charge in [0.25, 0.3) is 0 Å². The van der Waals surface area contributed by atoms with Crippen LogP contribution in [0.1, 0.15) is 37.5 Å². The van der Waals surface area contributed by atoms with Gasteiger partial charge in [0.15, 0.2) is 4.34 Å². The standard InChI is InChI=1S/C18H26N4OS2/c1-10(2)9-19-17-21-22-18(25-17)24-14(6)16(23)20-15-12(4)7-11(3)8-13(15)5/h7-8,10,14H,9H2,1-6H3,(H,19,21)(H,20,23)/t14-/m0/s1. The molecule has 2 N–H and O–H groups in total. The van der Waals surface area contributed by atoms with E-state index in [9.17, 15) is 4.79 Å². The predicted octanol–water partition coefficient (Wildman–Crippen LogP) is 4.65. The van der Waals surface area contributed by atoms with E-state index in [0.717, 1.165) is 32.8 Å². The van der Waals surface area contributed by atoms with Crippen molar-refractivity contribution in [3.05, 3.63) is 28.8 Å². The number of hydrogen-bond acceptors (Lipinski definition) is 6. The number of rotatable bonds is 7. The van der Waals surface area contributed by atoms with Crippen molar-refractivity contribution in [3.63, 3.8) is 0 Å². The number of carbonyl (C=O) groups excluding carboxylic acids is 1. The Hall–Kier alpha value is -1.60. The molecule has 2 aromatic rings. The maximum Gasteiger partial charge on any atom is 0.237 e. The molecule has 0 saturated carbocycles. The smallest absolute Gasteiger partial charge is 0.237 e. The van der Waals surface area contributed by atoms with Gasteiger partial charge in [0.05, 0.1) is 5.25 Å². The van der Waals surface area contributed by atoms with E-state index in [4.69, 9.17) is 0 Å². The predicted molar refractivity (Wildman–Crippen MR) is 108 cm³/mol. The molecule has 0 aliphatic carbocycles. The molecule has 0 radical (unpaired) electrons. The third kappa shape index (κ3) is 5.71. The van der Waals surface area contributed by atoms with E-state index in [1.165, 1.54) is 28.7 Å². The lowest BCUT2D eigenvalue weighted by Gasteiger charge is -2.15. The number of thioether (sulfide) groups is 1. The van der Waals surface area contributed by atoms with Gasteiger partial charge >= 0.3 is 0 Å². The van der Waals surface area contributed by atoms with Crippen LogP contribution in [0.5, 0.6) is 0 Å². The van der Waals surface area contributed by atoms with Gasteiger partial charge in [-0.1, -0.05) is 54.6 Å². The quantitative estimate of drug-likeness (QED) is 0.687. The molecule has 1 aromatic carbocycles. The van der Waals surface area contributed by atoms with Crippen LogP contribution in [-0.2, 0) is 4.79 Å². The number of nitrogens with zero attached hydrogens (tertiary/aromatic N) is 2. The zero-order valence-electron chi connectivity index (χ0n) is 15.6. The van der Waals surface area contributed by atoms with Gasteiger partial charge in [0.2, 0.25) is 11.0 Å². The van der Waals surface area contributed by atoms with Crippen LogP contribution >= 0.6 is 23.1 Å². The molecule has 25 heavy (non-hydrogen) atoms. The summed E-state index contributed by atoms with van der Waals surface area (Å²) < 4.78 is 0.797. The minimum atomic E-state index is -0.244. The van der Waals surface area contributed by atoms with Crippen LogP contribution in [0.15, 0.2) is 16.5 Å². The zero-order valence-corrected chi connectivity index (χ0v) is 17.3. The van der Waals surface area contributed by atoms with Gasteiger partial charge in [-0.25, -0.2) is 0 Å². The van der Waals surface area contributed by atoms with Crippen molar-refractivity contribution in [1.29, 1.82) is 0 Å². The Morgan fingerprint density at radius 2 is 1.80 bits per heavy atom. The fourth-order valence-corrected chi connectivity index (χ4v) is 4.33. The molecule has 5 nitrogen and oxygen atoms in total. The highest BCUT2D eigenvalue weighted by atomic mass is 32.2. The van der Waals surface area contributed by atoms with E-state index in [0.29, 0.717) is 5.92 Å². The molecular formula is C18H26N4OS2. The summed E-state index contributed by atoms with van der Waals surface area (Å²) in [7, 11) is 0. The molecule has 136 valence electrons. The number of nitrogens with one attached hydrogen (secondary N) is 2. The molecule has 7 heteroatoms. The Bertz CT molecular complexity index is 719. The number of carbonyl (C=O) groups is 1. The first-order chi connectivity index (χ1) is 11.8. The third-order valence-electron chi connectivity index (χ3n) is 3.64. The maximum atomic E-state index is 12.5.